The summed E-state index contributed by atoms with van der Waals surface area (Å²) in [6.07, 6.45) is 4.22. The number of benzene rings is 1. The van der Waals surface area contributed by atoms with Crippen LogP contribution in [0.5, 0.6) is 0 Å². The third-order valence-corrected chi connectivity index (χ3v) is 4.35. The average Bonchev–Trinajstić information content (AvgIpc) is 3.10. The van der Waals surface area contributed by atoms with E-state index in [1.54, 1.807) is 33.9 Å². The van der Waals surface area contributed by atoms with E-state index in [0.717, 1.165) is 29.1 Å². The van der Waals surface area contributed by atoms with E-state index in [0.29, 0.717) is 13.1 Å². The fraction of sp³-hybridized carbons (Fsp3) is 0.333. The molecule has 5 nitrogen and oxygen atoms in total. The van der Waals surface area contributed by atoms with Gasteiger partial charge < -0.3 is 10.6 Å². The van der Waals surface area contributed by atoms with Crippen LogP contribution in [0, 0.1) is 19.7 Å². The Morgan fingerprint density at radius 1 is 1.33 bits per heavy atom. The molecule has 2 aromatic rings. The van der Waals surface area contributed by atoms with E-state index in [2.05, 4.69) is 5.10 Å². The van der Waals surface area contributed by atoms with E-state index in [1.165, 1.54) is 12.1 Å². The van der Waals surface area contributed by atoms with Gasteiger partial charge in [0.1, 0.15) is 5.82 Å². The SMILES string of the molecule is Cc1nn(-c2ccc(F)cc2)c(C)c1/C=C/C(=O)N1CC[C@@H](N)C1. The molecule has 1 aromatic carbocycles. The molecule has 0 saturated carbocycles. The molecule has 0 bridgehead atoms. The summed E-state index contributed by atoms with van der Waals surface area (Å²) in [6, 6.07) is 6.24. The molecule has 1 fully saturated rings. The maximum Gasteiger partial charge on any atom is 0.246 e. The highest BCUT2D eigenvalue weighted by atomic mass is 19.1. The predicted molar refractivity (Wildman–Crippen MR) is 91.2 cm³/mol. The van der Waals surface area contributed by atoms with Gasteiger partial charge in [-0.25, -0.2) is 9.07 Å². The van der Waals surface area contributed by atoms with Crippen LogP contribution in [0.1, 0.15) is 23.4 Å². The molecule has 0 radical (unpaired) electrons. The molecule has 0 aliphatic carbocycles. The number of halogens is 1. The number of aryl methyl sites for hydroxylation is 1. The van der Waals surface area contributed by atoms with Crippen LogP contribution in [0.3, 0.4) is 0 Å². The number of rotatable bonds is 3. The van der Waals surface area contributed by atoms with Crippen LogP contribution < -0.4 is 5.73 Å². The third kappa shape index (κ3) is 3.23. The first kappa shape index (κ1) is 16.4. The van der Waals surface area contributed by atoms with Gasteiger partial charge >= 0.3 is 0 Å². The van der Waals surface area contributed by atoms with Crippen molar-refractivity contribution in [3.05, 3.63) is 53.1 Å². The molecule has 0 spiro atoms. The molecule has 126 valence electrons. The smallest absolute Gasteiger partial charge is 0.246 e. The zero-order valence-electron chi connectivity index (χ0n) is 13.9. The molecule has 1 saturated heterocycles. The van der Waals surface area contributed by atoms with Crippen molar-refractivity contribution in [1.29, 1.82) is 0 Å². The summed E-state index contributed by atoms with van der Waals surface area (Å²) in [5, 5.41) is 4.50. The highest BCUT2D eigenvalue weighted by molar-refractivity contribution is 5.92. The highest BCUT2D eigenvalue weighted by Crippen LogP contribution is 2.20. The van der Waals surface area contributed by atoms with E-state index >= 15 is 0 Å². The number of amides is 1. The zero-order valence-corrected chi connectivity index (χ0v) is 13.9. The van der Waals surface area contributed by atoms with Gasteiger partial charge in [-0.1, -0.05) is 0 Å². The molecule has 1 aliphatic heterocycles. The van der Waals surface area contributed by atoms with Crippen LogP contribution in [-0.4, -0.2) is 39.7 Å². The standard InChI is InChI=1S/C18H21FN4O/c1-12-17(7-8-18(24)22-10-9-15(20)11-22)13(2)23(21-12)16-5-3-14(19)4-6-16/h3-8,15H,9-11,20H2,1-2H3/b8-7+/t15-/m1/s1. The first-order valence-corrected chi connectivity index (χ1v) is 8.00. The molecule has 0 unspecified atom stereocenters. The molecule has 1 amide bonds. The molecule has 1 atom stereocenters. The maximum absolute atomic E-state index is 13.1. The first-order chi connectivity index (χ1) is 11.5. The molecule has 2 N–H and O–H groups in total. The third-order valence-electron chi connectivity index (χ3n) is 4.35. The molecular weight excluding hydrogens is 307 g/mol. The van der Waals surface area contributed by atoms with E-state index in [1.807, 2.05) is 13.8 Å². The van der Waals surface area contributed by atoms with Gasteiger partial charge in [0.2, 0.25) is 5.91 Å². The molecule has 6 heteroatoms. The lowest BCUT2D eigenvalue weighted by molar-refractivity contribution is -0.124. The first-order valence-electron chi connectivity index (χ1n) is 8.00. The quantitative estimate of drug-likeness (QED) is 0.879. The molecule has 2 heterocycles. The minimum atomic E-state index is -0.283. The van der Waals surface area contributed by atoms with Crippen molar-refractivity contribution in [3.63, 3.8) is 0 Å². The van der Waals surface area contributed by atoms with Crippen LogP contribution in [0.2, 0.25) is 0 Å². The summed E-state index contributed by atoms with van der Waals surface area (Å²) >= 11 is 0. The van der Waals surface area contributed by atoms with E-state index < -0.39 is 0 Å². The topological polar surface area (TPSA) is 64.2 Å². The Morgan fingerprint density at radius 2 is 2.04 bits per heavy atom. The van der Waals surface area contributed by atoms with Gasteiger partial charge in [-0.15, -0.1) is 0 Å². The Kier molecular flexibility index (Phi) is 4.49. The second-order valence-corrected chi connectivity index (χ2v) is 6.14. The number of nitrogens with zero attached hydrogens (tertiary/aromatic N) is 3. The van der Waals surface area contributed by atoms with Crippen LogP contribution in [-0.2, 0) is 4.79 Å². The van der Waals surface area contributed by atoms with E-state index in [4.69, 9.17) is 5.73 Å². The molecule has 24 heavy (non-hydrogen) atoms. The van der Waals surface area contributed by atoms with Crippen molar-refractivity contribution >= 4 is 12.0 Å². The lowest BCUT2D eigenvalue weighted by Crippen LogP contribution is -2.30. The minimum Gasteiger partial charge on any atom is -0.338 e. The summed E-state index contributed by atoms with van der Waals surface area (Å²) in [5.74, 6) is -0.314. The van der Waals surface area contributed by atoms with Gasteiger partial charge in [0.15, 0.2) is 0 Å². The number of carbonyl (C=O) groups excluding carboxylic acids is 1. The summed E-state index contributed by atoms with van der Waals surface area (Å²) in [4.78, 5) is 14.0. The Labute approximate surface area is 140 Å². The number of aromatic nitrogens is 2. The molecule has 1 aromatic heterocycles. The van der Waals surface area contributed by atoms with Crippen molar-refractivity contribution in [2.24, 2.45) is 5.73 Å². The number of likely N-dealkylation sites (tertiary alicyclic amines) is 1. The Hall–Kier alpha value is -2.47. The largest absolute Gasteiger partial charge is 0.338 e. The van der Waals surface area contributed by atoms with Crippen LogP contribution >= 0.6 is 0 Å². The van der Waals surface area contributed by atoms with E-state index in [9.17, 15) is 9.18 Å². The molecular formula is C18H21FN4O. The maximum atomic E-state index is 13.1. The van der Waals surface area contributed by atoms with Gasteiger partial charge in [0, 0.05) is 36.5 Å². The number of hydrogen-bond donors (Lipinski definition) is 1. The summed E-state index contributed by atoms with van der Waals surface area (Å²) < 4.78 is 14.8. The van der Waals surface area contributed by atoms with Crippen molar-refractivity contribution in [3.8, 4) is 5.69 Å². The van der Waals surface area contributed by atoms with Gasteiger partial charge in [-0.05, 0) is 50.6 Å². The second-order valence-electron chi connectivity index (χ2n) is 6.14. The van der Waals surface area contributed by atoms with Crippen molar-refractivity contribution in [2.75, 3.05) is 13.1 Å². The zero-order chi connectivity index (χ0) is 17.3. The lowest BCUT2D eigenvalue weighted by atomic mass is 10.2. The fourth-order valence-electron chi connectivity index (χ4n) is 2.98. The fourth-order valence-corrected chi connectivity index (χ4v) is 2.98. The van der Waals surface area contributed by atoms with Crippen molar-refractivity contribution in [2.45, 2.75) is 26.3 Å². The predicted octanol–water partition coefficient (Wildman–Crippen LogP) is 2.20. The monoisotopic (exact) mass is 328 g/mol. The summed E-state index contributed by atoms with van der Waals surface area (Å²) in [6.45, 7) is 5.13. The van der Waals surface area contributed by atoms with Crippen molar-refractivity contribution < 1.29 is 9.18 Å². The van der Waals surface area contributed by atoms with Crippen LogP contribution in [0.25, 0.3) is 11.8 Å². The Balaban J connectivity index is 1.83. The van der Waals surface area contributed by atoms with E-state index in [-0.39, 0.29) is 17.8 Å². The van der Waals surface area contributed by atoms with Gasteiger partial charge in [-0.3, -0.25) is 4.79 Å². The van der Waals surface area contributed by atoms with Gasteiger partial charge in [0.25, 0.3) is 0 Å². The number of nitrogens with two attached hydrogens (primary N) is 1. The average molecular weight is 328 g/mol. The van der Waals surface area contributed by atoms with Crippen LogP contribution in [0.15, 0.2) is 30.3 Å². The lowest BCUT2D eigenvalue weighted by Gasteiger charge is -2.12. The van der Waals surface area contributed by atoms with Gasteiger partial charge in [-0.2, -0.15) is 5.10 Å². The molecule has 3 rings (SSSR count). The summed E-state index contributed by atoms with van der Waals surface area (Å²) in [7, 11) is 0. The summed E-state index contributed by atoms with van der Waals surface area (Å²) in [5.41, 5.74) is 9.25. The van der Waals surface area contributed by atoms with Crippen molar-refractivity contribution in [1.82, 2.24) is 14.7 Å². The van der Waals surface area contributed by atoms with Gasteiger partial charge in [0.05, 0.1) is 11.4 Å². The highest BCUT2D eigenvalue weighted by Gasteiger charge is 2.22. The second kappa shape index (κ2) is 6.57. The molecule has 1 aliphatic rings. The normalized spacial score (nSPS) is 17.8. The Morgan fingerprint density at radius 3 is 2.67 bits per heavy atom. The van der Waals surface area contributed by atoms with Crippen LogP contribution in [0.4, 0.5) is 4.39 Å². The Bertz CT molecular complexity index is 779. The number of hydrogen-bond acceptors (Lipinski definition) is 3. The number of carbonyl (C=O) groups is 1. The minimum absolute atomic E-state index is 0.0312.